The van der Waals surface area contributed by atoms with Crippen LogP contribution < -0.4 is 5.32 Å². The van der Waals surface area contributed by atoms with Gasteiger partial charge < -0.3 is 10.4 Å². The van der Waals surface area contributed by atoms with Gasteiger partial charge in [-0.05, 0) is 22.4 Å². The standard InChI is InChI=1S/C16H15NO3/c1-2-15(18)17-14(16(19)20)10-12-8-5-7-11-6-3-4-9-13(11)12/h2-9,14H,1,10H2,(H,17,18)(H,19,20). The van der Waals surface area contributed by atoms with E-state index < -0.39 is 17.9 Å². The molecule has 0 fully saturated rings. The monoisotopic (exact) mass is 269 g/mol. The molecular weight excluding hydrogens is 254 g/mol. The molecule has 0 spiro atoms. The Kier molecular flexibility index (Phi) is 4.15. The first-order valence-corrected chi connectivity index (χ1v) is 6.24. The molecule has 4 nitrogen and oxygen atoms in total. The van der Waals surface area contributed by atoms with Crippen LogP contribution in [-0.4, -0.2) is 23.0 Å². The van der Waals surface area contributed by atoms with Gasteiger partial charge in [-0.2, -0.15) is 0 Å². The maximum Gasteiger partial charge on any atom is 0.326 e. The summed E-state index contributed by atoms with van der Waals surface area (Å²) in [4.78, 5) is 22.5. The van der Waals surface area contributed by atoms with E-state index in [0.29, 0.717) is 0 Å². The van der Waals surface area contributed by atoms with E-state index in [2.05, 4.69) is 11.9 Å². The minimum absolute atomic E-state index is 0.232. The average Bonchev–Trinajstić information content (AvgIpc) is 2.46. The van der Waals surface area contributed by atoms with Crippen molar-refractivity contribution < 1.29 is 14.7 Å². The van der Waals surface area contributed by atoms with Crippen molar-refractivity contribution in [3.8, 4) is 0 Å². The second-order valence-corrected chi connectivity index (χ2v) is 4.45. The fourth-order valence-corrected chi connectivity index (χ4v) is 2.12. The number of benzene rings is 2. The van der Waals surface area contributed by atoms with Crippen LogP contribution in [-0.2, 0) is 16.0 Å². The van der Waals surface area contributed by atoms with Crippen molar-refractivity contribution >= 4 is 22.6 Å². The van der Waals surface area contributed by atoms with Crippen LogP contribution in [0.5, 0.6) is 0 Å². The molecule has 1 amide bonds. The molecule has 0 saturated heterocycles. The Hall–Kier alpha value is -2.62. The Bertz CT molecular complexity index is 658. The smallest absolute Gasteiger partial charge is 0.326 e. The molecule has 0 aliphatic carbocycles. The number of amides is 1. The number of carbonyl (C=O) groups is 2. The Balaban J connectivity index is 2.31. The van der Waals surface area contributed by atoms with E-state index in [4.69, 9.17) is 0 Å². The Morgan fingerprint density at radius 2 is 1.90 bits per heavy atom. The van der Waals surface area contributed by atoms with Crippen LogP contribution in [0, 0.1) is 0 Å². The number of hydrogen-bond donors (Lipinski definition) is 2. The summed E-state index contributed by atoms with van der Waals surface area (Å²) in [5.74, 6) is -1.55. The van der Waals surface area contributed by atoms with Crippen molar-refractivity contribution in [3.63, 3.8) is 0 Å². The average molecular weight is 269 g/mol. The molecule has 0 saturated carbocycles. The zero-order chi connectivity index (χ0) is 14.5. The summed E-state index contributed by atoms with van der Waals surface area (Å²) in [6.45, 7) is 3.32. The minimum atomic E-state index is -1.06. The van der Waals surface area contributed by atoms with Gasteiger partial charge in [0.15, 0.2) is 0 Å². The molecule has 1 atom stereocenters. The number of rotatable bonds is 5. The molecule has 0 radical (unpaired) electrons. The Morgan fingerprint density at radius 3 is 2.60 bits per heavy atom. The lowest BCUT2D eigenvalue weighted by Crippen LogP contribution is -2.41. The van der Waals surface area contributed by atoms with Crippen LogP contribution in [0.2, 0.25) is 0 Å². The molecule has 0 bridgehead atoms. The maximum atomic E-state index is 11.3. The first-order chi connectivity index (χ1) is 9.61. The Morgan fingerprint density at radius 1 is 1.20 bits per heavy atom. The highest BCUT2D eigenvalue weighted by molar-refractivity contribution is 5.91. The van der Waals surface area contributed by atoms with Gasteiger partial charge in [0.05, 0.1) is 0 Å². The summed E-state index contributed by atoms with van der Waals surface area (Å²) in [5.41, 5.74) is 0.889. The summed E-state index contributed by atoms with van der Waals surface area (Å²) in [7, 11) is 0. The lowest BCUT2D eigenvalue weighted by atomic mass is 9.99. The van der Waals surface area contributed by atoms with Gasteiger partial charge in [-0.25, -0.2) is 4.79 Å². The summed E-state index contributed by atoms with van der Waals surface area (Å²) < 4.78 is 0. The third kappa shape index (κ3) is 3.03. The van der Waals surface area contributed by atoms with Gasteiger partial charge in [0, 0.05) is 6.42 Å². The molecule has 4 heteroatoms. The van der Waals surface area contributed by atoms with Gasteiger partial charge in [-0.1, -0.05) is 49.0 Å². The third-order valence-electron chi connectivity index (χ3n) is 3.10. The summed E-state index contributed by atoms with van der Waals surface area (Å²) >= 11 is 0. The number of fused-ring (bicyclic) bond motifs is 1. The highest BCUT2D eigenvalue weighted by Gasteiger charge is 2.20. The highest BCUT2D eigenvalue weighted by Crippen LogP contribution is 2.19. The normalized spacial score (nSPS) is 11.8. The zero-order valence-corrected chi connectivity index (χ0v) is 10.9. The van der Waals surface area contributed by atoms with Gasteiger partial charge in [-0.3, -0.25) is 4.79 Å². The van der Waals surface area contributed by atoms with E-state index in [-0.39, 0.29) is 6.42 Å². The molecule has 102 valence electrons. The predicted octanol–water partition coefficient (Wildman–Crippen LogP) is 2.14. The number of hydrogen-bond acceptors (Lipinski definition) is 2. The van der Waals surface area contributed by atoms with E-state index in [1.54, 1.807) is 0 Å². The molecular formula is C16H15NO3. The van der Waals surface area contributed by atoms with Crippen molar-refractivity contribution in [2.45, 2.75) is 12.5 Å². The largest absolute Gasteiger partial charge is 0.480 e. The van der Waals surface area contributed by atoms with E-state index in [1.807, 2.05) is 42.5 Å². The fraction of sp³-hybridized carbons (Fsp3) is 0.125. The van der Waals surface area contributed by atoms with Gasteiger partial charge >= 0.3 is 5.97 Å². The summed E-state index contributed by atoms with van der Waals surface area (Å²) in [6.07, 6.45) is 1.30. The molecule has 0 heterocycles. The molecule has 1 unspecified atom stereocenters. The fourth-order valence-electron chi connectivity index (χ4n) is 2.12. The quantitative estimate of drug-likeness (QED) is 0.817. The van der Waals surface area contributed by atoms with Crippen molar-refractivity contribution in [2.24, 2.45) is 0 Å². The van der Waals surface area contributed by atoms with Crippen LogP contribution in [0.15, 0.2) is 55.1 Å². The number of aliphatic carboxylic acids is 1. The molecule has 0 aromatic heterocycles. The molecule has 2 aromatic carbocycles. The van der Waals surface area contributed by atoms with Gasteiger partial charge in [0.25, 0.3) is 0 Å². The van der Waals surface area contributed by atoms with Crippen molar-refractivity contribution in [3.05, 3.63) is 60.7 Å². The lowest BCUT2D eigenvalue weighted by molar-refractivity contribution is -0.141. The zero-order valence-electron chi connectivity index (χ0n) is 10.9. The van der Waals surface area contributed by atoms with Crippen molar-refractivity contribution in [2.75, 3.05) is 0 Å². The van der Waals surface area contributed by atoms with E-state index in [0.717, 1.165) is 22.4 Å². The van der Waals surface area contributed by atoms with Crippen LogP contribution in [0.1, 0.15) is 5.56 Å². The molecule has 0 aliphatic heterocycles. The molecule has 0 aliphatic rings. The van der Waals surface area contributed by atoms with Gasteiger partial charge in [-0.15, -0.1) is 0 Å². The van der Waals surface area contributed by atoms with Crippen LogP contribution in [0.25, 0.3) is 10.8 Å². The number of nitrogens with one attached hydrogen (secondary N) is 1. The van der Waals surface area contributed by atoms with Gasteiger partial charge in [0.2, 0.25) is 5.91 Å². The Labute approximate surface area is 116 Å². The molecule has 2 rings (SSSR count). The maximum absolute atomic E-state index is 11.3. The van der Waals surface area contributed by atoms with E-state index in [1.165, 1.54) is 0 Å². The second kappa shape index (κ2) is 6.02. The summed E-state index contributed by atoms with van der Waals surface area (Å²) in [6, 6.07) is 12.5. The van der Waals surface area contributed by atoms with Crippen molar-refractivity contribution in [1.82, 2.24) is 5.32 Å². The van der Waals surface area contributed by atoms with E-state index in [9.17, 15) is 14.7 Å². The summed E-state index contributed by atoms with van der Waals surface area (Å²) in [5, 5.41) is 13.7. The molecule has 20 heavy (non-hydrogen) atoms. The first kappa shape index (κ1) is 13.8. The van der Waals surface area contributed by atoms with Crippen LogP contribution in [0.3, 0.4) is 0 Å². The SMILES string of the molecule is C=CC(=O)NC(Cc1cccc2ccccc12)C(=O)O. The topological polar surface area (TPSA) is 66.4 Å². The van der Waals surface area contributed by atoms with Crippen LogP contribution >= 0.6 is 0 Å². The first-order valence-electron chi connectivity index (χ1n) is 6.24. The molecule has 2 aromatic rings. The van der Waals surface area contributed by atoms with Gasteiger partial charge in [0.1, 0.15) is 6.04 Å². The number of carboxylic acids is 1. The highest BCUT2D eigenvalue weighted by atomic mass is 16.4. The minimum Gasteiger partial charge on any atom is -0.480 e. The van der Waals surface area contributed by atoms with E-state index >= 15 is 0 Å². The lowest BCUT2D eigenvalue weighted by Gasteiger charge is -2.14. The third-order valence-corrected chi connectivity index (χ3v) is 3.10. The van der Waals surface area contributed by atoms with Crippen LogP contribution in [0.4, 0.5) is 0 Å². The predicted molar refractivity (Wildman–Crippen MR) is 77.4 cm³/mol. The molecule has 2 N–H and O–H groups in total. The number of carboxylic acid groups (broad SMARTS) is 1. The number of carbonyl (C=O) groups excluding carboxylic acids is 1. The van der Waals surface area contributed by atoms with Crippen molar-refractivity contribution in [1.29, 1.82) is 0 Å². The second-order valence-electron chi connectivity index (χ2n) is 4.45.